The summed E-state index contributed by atoms with van der Waals surface area (Å²) in [5.41, 5.74) is 1.09. The molecule has 0 unspecified atom stereocenters. The Balaban J connectivity index is 1.98. The third-order valence-electron chi connectivity index (χ3n) is 2.81. The molecule has 1 aliphatic rings. The molecule has 1 saturated heterocycles. The summed E-state index contributed by atoms with van der Waals surface area (Å²) in [6.45, 7) is 4.82. The second kappa shape index (κ2) is 4.65. The number of piperazine rings is 1. The zero-order valence-corrected chi connectivity index (χ0v) is 10.00. The summed E-state index contributed by atoms with van der Waals surface area (Å²) in [4.78, 5) is 26.6. The Morgan fingerprint density at radius 2 is 2.06 bits per heavy atom. The highest BCUT2D eigenvalue weighted by Gasteiger charge is 2.19. The predicted molar refractivity (Wildman–Crippen MR) is 64.2 cm³/mol. The third kappa shape index (κ3) is 2.24. The SMILES string of the molecule is CC(=O)N1CCN(c2csc(C=O)c2)CC1. The van der Waals surface area contributed by atoms with E-state index < -0.39 is 0 Å². The van der Waals surface area contributed by atoms with Gasteiger partial charge in [-0.05, 0) is 6.07 Å². The molecule has 86 valence electrons. The number of carbonyl (C=O) groups is 2. The Morgan fingerprint density at radius 3 is 2.56 bits per heavy atom. The summed E-state index contributed by atoms with van der Waals surface area (Å²) < 4.78 is 0. The lowest BCUT2D eigenvalue weighted by Crippen LogP contribution is -2.48. The zero-order valence-electron chi connectivity index (χ0n) is 9.18. The fraction of sp³-hybridized carbons (Fsp3) is 0.455. The predicted octanol–water partition coefficient (Wildman–Crippen LogP) is 1.23. The van der Waals surface area contributed by atoms with E-state index in [2.05, 4.69) is 4.90 Å². The average Bonchev–Trinajstić information content (AvgIpc) is 2.77. The number of hydrogen-bond acceptors (Lipinski definition) is 4. The lowest BCUT2D eigenvalue weighted by atomic mass is 10.3. The fourth-order valence-corrected chi connectivity index (χ4v) is 2.57. The van der Waals surface area contributed by atoms with Crippen molar-refractivity contribution in [3.05, 3.63) is 16.3 Å². The molecule has 0 atom stereocenters. The van der Waals surface area contributed by atoms with Gasteiger partial charge in [0.25, 0.3) is 0 Å². The Kier molecular flexibility index (Phi) is 3.24. The monoisotopic (exact) mass is 238 g/mol. The number of thiophene rings is 1. The van der Waals surface area contributed by atoms with Crippen LogP contribution in [-0.4, -0.2) is 43.3 Å². The van der Waals surface area contributed by atoms with Crippen molar-refractivity contribution in [2.45, 2.75) is 6.92 Å². The van der Waals surface area contributed by atoms with Crippen LogP contribution in [0.5, 0.6) is 0 Å². The molecule has 0 aromatic carbocycles. The second-order valence-electron chi connectivity index (χ2n) is 3.82. The van der Waals surface area contributed by atoms with Gasteiger partial charge in [-0.2, -0.15) is 0 Å². The first-order valence-electron chi connectivity index (χ1n) is 5.25. The van der Waals surface area contributed by atoms with E-state index in [1.54, 1.807) is 6.92 Å². The van der Waals surface area contributed by atoms with Crippen LogP contribution < -0.4 is 4.90 Å². The van der Waals surface area contributed by atoms with Crippen LogP contribution in [0.15, 0.2) is 11.4 Å². The first kappa shape index (κ1) is 11.1. The highest BCUT2D eigenvalue weighted by atomic mass is 32.1. The molecule has 16 heavy (non-hydrogen) atoms. The van der Waals surface area contributed by atoms with Gasteiger partial charge < -0.3 is 9.80 Å². The number of amides is 1. The minimum Gasteiger partial charge on any atom is -0.367 e. The van der Waals surface area contributed by atoms with E-state index in [1.807, 2.05) is 16.3 Å². The van der Waals surface area contributed by atoms with Crippen LogP contribution >= 0.6 is 11.3 Å². The van der Waals surface area contributed by atoms with Crippen molar-refractivity contribution in [1.29, 1.82) is 0 Å². The van der Waals surface area contributed by atoms with Gasteiger partial charge >= 0.3 is 0 Å². The van der Waals surface area contributed by atoms with Gasteiger partial charge in [0.1, 0.15) is 0 Å². The van der Waals surface area contributed by atoms with E-state index in [4.69, 9.17) is 0 Å². The van der Waals surface area contributed by atoms with E-state index in [1.165, 1.54) is 11.3 Å². The molecule has 2 rings (SSSR count). The molecule has 5 heteroatoms. The molecule has 1 fully saturated rings. The summed E-state index contributed by atoms with van der Waals surface area (Å²) in [5.74, 6) is 0.138. The molecule has 0 bridgehead atoms. The highest BCUT2D eigenvalue weighted by molar-refractivity contribution is 7.12. The lowest BCUT2D eigenvalue weighted by molar-refractivity contribution is -0.129. The van der Waals surface area contributed by atoms with Crippen molar-refractivity contribution >= 4 is 29.2 Å². The number of anilines is 1. The van der Waals surface area contributed by atoms with Crippen molar-refractivity contribution in [2.75, 3.05) is 31.1 Å². The smallest absolute Gasteiger partial charge is 0.219 e. The van der Waals surface area contributed by atoms with Crippen LogP contribution in [0.1, 0.15) is 16.6 Å². The number of carbonyl (C=O) groups excluding carboxylic acids is 2. The van der Waals surface area contributed by atoms with Crippen LogP contribution in [0, 0.1) is 0 Å². The summed E-state index contributed by atoms with van der Waals surface area (Å²) >= 11 is 1.46. The molecule has 1 aliphatic heterocycles. The third-order valence-corrected chi connectivity index (χ3v) is 3.66. The molecule has 1 aromatic heterocycles. The lowest BCUT2D eigenvalue weighted by Gasteiger charge is -2.35. The molecule has 0 saturated carbocycles. The van der Waals surface area contributed by atoms with Crippen molar-refractivity contribution in [1.82, 2.24) is 4.90 Å². The Morgan fingerprint density at radius 1 is 1.38 bits per heavy atom. The number of hydrogen-bond donors (Lipinski definition) is 0. The maximum Gasteiger partial charge on any atom is 0.219 e. The molecule has 1 amide bonds. The van der Waals surface area contributed by atoms with Gasteiger partial charge in [0.05, 0.1) is 4.88 Å². The molecule has 0 radical (unpaired) electrons. The first-order chi connectivity index (χ1) is 7.70. The average molecular weight is 238 g/mol. The van der Waals surface area contributed by atoms with Crippen molar-refractivity contribution in [2.24, 2.45) is 0 Å². The molecule has 0 N–H and O–H groups in total. The Hall–Kier alpha value is -1.36. The minimum absolute atomic E-state index is 0.138. The van der Waals surface area contributed by atoms with Crippen molar-refractivity contribution < 1.29 is 9.59 Å². The van der Waals surface area contributed by atoms with Gasteiger partial charge in [0.2, 0.25) is 5.91 Å². The maximum absolute atomic E-state index is 11.2. The fourth-order valence-electron chi connectivity index (χ4n) is 1.85. The Bertz CT molecular complexity index is 394. The molecule has 1 aromatic rings. The molecule has 0 spiro atoms. The van der Waals surface area contributed by atoms with Crippen molar-refractivity contribution in [3.63, 3.8) is 0 Å². The number of rotatable bonds is 2. The quantitative estimate of drug-likeness (QED) is 0.728. The van der Waals surface area contributed by atoms with Crippen LogP contribution in [0.2, 0.25) is 0 Å². The van der Waals surface area contributed by atoms with Crippen molar-refractivity contribution in [3.8, 4) is 0 Å². The van der Waals surface area contributed by atoms with Gasteiger partial charge in [-0.3, -0.25) is 9.59 Å². The van der Waals surface area contributed by atoms with E-state index in [0.29, 0.717) is 0 Å². The van der Waals surface area contributed by atoms with Gasteiger partial charge in [-0.1, -0.05) is 0 Å². The standard InChI is InChI=1S/C11H14N2O2S/c1-9(15)12-2-4-13(5-3-12)10-6-11(7-14)16-8-10/h6-8H,2-5H2,1H3. The first-order valence-corrected chi connectivity index (χ1v) is 6.13. The van der Waals surface area contributed by atoms with E-state index in [9.17, 15) is 9.59 Å². The summed E-state index contributed by atoms with van der Waals surface area (Å²) in [6, 6.07) is 1.90. The van der Waals surface area contributed by atoms with Gasteiger partial charge in [0, 0.05) is 44.2 Å². The van der Waals surface area contributed by atoms with E-state index >= 15 is 0 Å². The topological polar surface area (TPSA) is 40.6 Å². The van der Waals surface area contributed by atoms with Gasteiger partial charge in [-0.25, -0.2) is 0 Å². The van der Waals surface area contributed by atoms with Gasteiger partial charge in [0.15, 0.2) is 6.29 Å². The number of nitrogens with zero attached hydrogens (tertiary/aromatic N) is 2. The molecular formula is C11H14N2O2S. The van der Waals surface area contributed by atoms with Crippen LogP contribution in [0.4, 0.5) is 5.69 Å². The summed E-state index contributed by atoms with van der Waals surface area (Å²) in [6.07, 6.45) is 0.875. The van der Waals surface area contributed by atoms with Crippen LogP contribution in [0.25, 0.3) is 0 Å². The van der Waals surface area contributed by atoms with Crippen LogP contribution in [-0.2, 0) is 4.79 Å². The summed E-state index contributed by atoms with van der Waals surface area (Å²) in [5, 5.41) is 1.99. The maximum atomic E-state index is 11.2. The highest BCUT2D eigenvalue weighted by Crippen LogP contribution is 2.23. The zero-order chi connectivity index (χ0) is 11.5. The molecule has 4 nitrogen and oxygen atoms in total. The van der Waals surface area contributed by atoms with E-state index in [-0.39, 0.29) is 5.91 Å². The summed E-state index contributed by atoms with van der Waals surface area (Å²) in [7, 11) is 0. The molecular weight excluding hydrogens is 224 g/mol. The molecule has 0 aliphatic carbocycles. The number of aldehydes is 1. The second-order valence-corrected chi connectivity index (χ2v) is 4.76. The molecule has 2 heterocycles. The van der Waals surface area contributed by atoms with Gasteiger partial charge in [-0.15, -0.1) is 11.3 Å². The largest absolute Gasteiger partial charge is 0.367 e. The van der Waals surface area contributed by atoms with Crippen LogP contribution in [0.3, 0.4) is 0 Å². The minimum atomic E-state index is 0.138. The Labute approximate surface area is 98.5 Å². The van der Waals surface area contributed by atoms with E-state index in [0.717, 1.165) is 43.0 Å². The normalized spacial score (nSPS) is 16.3.